The molecule has 0 aliphatic carbocycles. The molecule has 12 heteroatoms. The number of likely N-dealkylation sites (tertiary alicyclic amines) is 2. The van der Waals surface area contributed by atoms with Crippen molar-refractivity contribution in [1.29, 1.82) is 0 Å². The predicted molar refractivity (Wildman–Crippen MR) is 230 cm³/mol. The van der Waals surface area contributed by atoms with Crippen molar-refractivity contribution in [2.75, 3.05) is 54.4 Å². The lowest BCUT2D eigenvalue weighted by atomic mass is 10.0. The lowest BCUT2D eigenvalue weighted by Crippen LogP contribution is -2.42. The van der Waals surface area contributed by atoms with Crippen LogP contribution in [0.2, 0.25) is 0 Å². The van der Waals surface area contributed by atoms with E-state index in [0.29, 0.717) is 61.8 Å². The van der Waals surface area contributed by atoms with Gasteiger partial charge in [-0.2, -0.15) is 0 Å². The van der Waals surface area contributed by atoms with Crippen molar-refractivity contribution in [1.82, 2.24) is 35.2 Å². The second-order valence-electron chi connectivity index (χ2n) is 15.8. The molecule has 2 N–H and O–H groups in total. The van der Waals surface area contributed by atoms with Crippen molar-refractivity contribution < 1.29 is 23.6 Å². The topological polar surface area (TPSA) is 131 Å². The summed E-state index contributed by atoms with van der Waals surface area (Å²) in [5.41, 5.74) is 4.66. The Kier molecular flexibility index (Phi) is 14.1. The van der Waals surface area contributed by atoms with Crippen LogP contribution in [0.1, 0.15) is 53.9 Å². The Morgan fingerprint density at radius 3 is 1.76 bits per heavy atom. The maximum Gasteiger partial charge on any atom is 0.244 e. The van der Waals surface area contributed by atoms with Gasteiger partial charge in [0.1, 0.15) is 12.1 Å². The number of nitrogens with one attached hydrogen (secondary N) is 2. The van der Waals surface area contributed by atoms with Gasteiger partial charge < -0.3 is 24.9 Å². The summed E-state index contributed by atoms with van der Waals surface area (Å²) < 4.78 is 6.00. The number of oxazole rings is 1. The number of rotatable bonds is 16. The van der Waals surface area contributed by atoms with E-state index in [9.17, 15) is 19.2 Å². The van der Waals surface area contributed by atoms with Gasteiger partial charge in [0.15, 0.2) is 5.76 Å². The number of carbonyl (C=O) groups is 4. The quantitative estimate of drug-likeness (QED) is 0.144. The summed E-state index contributed by atoms with van der Waals surface area (Å²) in [7, 11) is 7.60. The van der Waals surface area contributed by atoms with Crippen LogP contribution in [-0.4, -0.2) is 115 Å². The third kappa shape index (κ3) is 11.1. The fourth-order valence-electron chi connectivity index (χ4n) is 7.74. The number of allylic oxidation sites excluding steroid dienone is 3. The van der Waals surface area contributed by atoms with Crippen molar-refractivity contribution in [2.24, 2.45) is 0 Å². The summed E-state index contributed by atoms with van der Waals surface area (Å²) in [6.07, 6.45) is 6.78. The van der Waals surface area contributed by atoms with Gasteiger partial charge in [0, 0.05) is 49.4 Å². The van der Waals surface area contributed by atoms with E-state index in [-0.39, 0.29) is 60.6 Å². The minimum Gasteiger partial charge on any atom is -0.436 e. The third-order valence-corrected chi connectivity index (χ3v) is 10.8. The van der Waals surface area contributed by atoms with Gasteiger partial charge in [0.05, 0.1) is 19.0 Å². The monoisotopic (exact) mass is 797 g/mol. The van der Waals surface area contributed by atoms with Crippen molar-refractivity contribution in [2.45, 2.75) is 49.9 Å². The van der Waals surface area contributed by atoms with Crippen molar-refractivity contribution in [3.8, 4) is 11.3 Å². The molecule has 0 spiro atoms. The highest BCUT2D eigenvalue weighted by Gasteiger charge is 2.35. The van der Waals surface area contributed by atoms with Crippen LogP contribution in [0, 0.1) is 0 Å². The SMILES string of the molecule is C=C(/C=C\C(=C)c1ncc(-c2ccc(CC(=O)N[C@@H]3CCN(C(=O)[C@@H](c4ccccc4)N(C)C)C3)cc2)o1)CC(=O)N[C@@H]1CCN(C(=O)[C@@H](c2ccccc2)N(C)C)C1. The van der Waals surface area contributed by atoms with Crippen molar-refractivity contribution in [3.63, 3.8) is 0 Å². The number of likely N-dealkylation sites (N-methyl/N-ethyl adjacent to an activating group) is 2. The molecule has 12 nitrogen and oxygen atoms in total. The molecule has 6 rings (SSSR count). The van der Waals surface area contributed by atoms with Gasteiger partial charge >= 0.3 is 0 Å². The number of hydrogen-bond donors (Lipinski definition) is 2. The average molecular weight is 798 g/mol. The number of amides is 4. The zero-order chi connectivity index (χ0) is 42.1. The number of hydrogen-bond acceptors (Lipinski definition) is 8. The summed E-state index contributed by atoms with van der Waals surface area (Å²) >= 11 is 0. The molecule has 308 valence electrons. The molecular weight excluding hydrogens is 743 g/mol. The Bertz CT molecular complexity index is 2150. The van der Waals surface area contributed by atoms with E-state index in [0.717, 1.165) is 22.3 Å². The maximum absolute atomic E-state index is 13.4. The molecule has 2 fully saturated rings. The van der Waals surface area contributed by atoms with Gasteiger partial charge in [-0.25, -0.2) is 4.98 Å². The first kappa shape index (κ1) is 42.5. The lowest BCUT2D eigenvalue weighted by molar-refractivity contribution is -0.136. The summed E-state index contributed by atoms with van der Waals surface area (Å²) in [5, 5.41) is 6.17. The normalized spacial score (nSPS) is 17.7. The second kappa shape index (κ2) is 19.6. The fourth-order valence-corrected chi connectivity index (χ4v) is 7.74. The minimum absolute atomic E-state index is 0.0248. The van der Waals surface area contributed by atoms with Gasteiger partial charge in [-0.15, -0.1) is 0 Å². The number of carbonyl (C=O) groups excluding carboxylic acids is 4. The number of benzene rings is 3. The van der Waals surface area contributed by atoms with Gasteiger partial charge in [-0.1, -0.05) is 104 Å². The van der Waals surface area contributed by atoms with Crippen LogP contribution in [0.15, 0.2) is 126 Å². The molecule has 2 aliphatic rings. The third-order valence-electron chi connectivity index (χ3n) is 10.8. The molecule has 2 saturated heterocycles. The molecule has 4 atom stereocenters. The highest BCUT2D eigenvalue weighted by Crippen LogP contribution is 2.27. The molecule has 0 radical (unpaired) electrons. The van der Waals surface area contributed by atoms with Gasteiger partial charge in [0.2, 0.25) is 29.5 Å². The first-order valence-corrected chi connectivity index (χ1v) is 20.1. The molecule has 1 aromatic heterocycles. The van der Waals surface area contributed by atoms with Crippen LogP contribution in [0.25, 0.3) is 16.9 Å². The largest absolute Gasteiger partial charge is 0.436 e. The summed E-state index contributed by atoms with van der Waals surface area (Å²) in [6, 6.07) is 26.0. The van der Waals surface area contributed by atoms with Gasteiger partial charge in [-0.3, -0.25) is 29.0 Å². The number of aromatic nitrogens is 1. The Labute approximate surface area is 347 Å². The molecule has 0 unspecified atom stereocenters. The van der Waals surface area contributed by atoms with Crippen LogP contribution in [0.5, 0.6) is 0 Å². The Hall–Kier alpha value is -6.11. The number of nitrogens with zero attached hydrogens (tertiary/aromatic N) is 5. The first-order valence-electron chi connectivity index (χ1n) is 20.1. The summed E-state index contributed by atoms with van der Waals surface area (Å²) in [5.74, 6) is 0.695. The summed E-state index contributed by atoms with van der Waals surface area (Å²) in [6.45, 7) is 10.2. The lowest BCUT2D eigenvalue weighted by Gasteiger charge is -2.28. The Balaban J connectivity index is 0.926. The van der Waals surface area contributed by atoms with Gasteiger partial charge in [0.25, 0.3) is 0 Å². The summed E-state index contributed by atoms with van der Waals surface area (Å²) in [4.78, 5) is 64.6. The highest BCUT2D eigenvalue weighted by molar-refractivity contribution is 5.85. The minimum atomic E-state index is -0.382. The van der Waals surface area contributed by atoms with E-state index in [2.05, 4.69) is 28.8 Å². The van der Waals surface area contributed by atoms with E-state index in [1.54, 1.807) is 18.3 Å². The molecule has 2 aliphatic heterocycles. The van der Waals surface area contributed by atoms with Crippen molar-refractivity contribution >= 4 is 29.2 Å². The zero-order valence-corrected chi connectivity index (χ0v) is 34.5. The molecule has 4 aromatic rings. The standard InChI is InChI=1S/C47H55N7O5/c1-32(27-41(55)49-38-23-25-53(30-38)46(57)43(51(3)4)36-13-9-7-10-14-36)17-18-33(2)45-48-29-40(59-45)35-21-19-34(20-22-35)28-42(56)50-39-24-26-54(31-39)47(58)44(52(5)6)37-15-11-8-12-16-37/h7-22,29,38-39,43-44H,1-2,23-28,30-31H2,3-6H3,(H,49,55)(H,50,56)/b18-17-/t38-,39-,43-,44-/m1/s1. The smallest absolute Gasteiger partial charge is 0.244 e. The first-order chi connectivity index (χ1) is 28.4. The highest BCUT2D eigenvalue weighted by atomic mass is 16.4. The molecule has 3 aromatic carbocycles. The van der Waals surface area contributed by atoms with Crippen LogP contribution >= 0.6 is 0 Å². The Morgan fingerprint density at radius 2 is 1.25 bits per heavy atom. The zero-order valence-electron chi connectivity index (χ0n) is 34.5. The molecule has 59 heavy (non-hydrogen) atoms. The Morgan fingerprint density at radius 1 is 0.746 bits per heavy atom. The molecule has 0 saturated carbocycles. The van der Waals surface area contributed by atoms with Crippen LogP contribution in [-0.2, 0) is 25.6 Å². The van der Waals surface area contributed by atoms with E-state index >= 15 is 0 Å². The molecule has 3 heterocycles. The van der Waals surface area contributed by atoms with Crippen LogP contribution in [0.4, 0.5) is 0 Å². The van der Waals surface area contributed by atoms with Crippen molar-refractivity contribution in [3.05, 3.63) is 145 Å². The predicted octanol–water partition coefficient (Wildman–Crippen LogP) is 5.44. The van der Waals surface area contributed by atoms with E-state index < -0.39 is 0 Å². The van der Waals surface area contributed by atoms with E-state index in [1.807, 2.05) is 133 Å². The molecule has 4 amide bonds. The van der Waals surface area contributed by atoms with Crippen LogP contribution < -0.4 is 10.6 Å². The van der Waals surface area contributed by atoms with Crippen LogP contribution in [0.3, 0.4) is 0 Å². The van der Waals surface area contributed by atoms with E-state index in [1.165, 1.54) is 0 Å². The average Bonchev–Trinajstić information content (AvgIpc) is 4.00. The van der Waals surface area contributed by atoms with E-state index in [4.69, 9.17) is 4.42 Å². The maximum atomic E-state index is 13.4. The second-order valence-corrected chi connectivity index (χ2v) is 15.8. The molecular formula is C47H55N7O5. The van der Waals surface area contributed by atoms with Gasteiger partial charge in [-0.05, 0) is 69.4 Å². The fraction of sp³-hybridized carbons (Fsp3) is 0.340. The molecule has 0 bridgehead atoms.